The van der Waals surface area contributed by atoms with Crippen molar-refractivity contribution < 1.29 is 33.5 Å². The van der Waals surface area contributed by atoms with Crippen LogP contribution in [0.4, 0.5) is 5.69 Å². The predicted octanol–water partition coefficient (Wildman–Crippen LogP) is 2.40. The smallest absolute Gasteiger partial charge is 0.338 e. The van der Waals surface area contributed by atoms with Crippen LogP contribution in [0, 0.1) is 17.0 Å². The zero-order chi connectivity index (χ0) is 22.3. The minimum Gasteiger partial charge on any atom is -0.496 e. The van der Waals surface area contributed by atoms with Crippen molar-refractivity contribution >= 4 is 17.6 Å². The number of hydrogen-bond donors (Lipinski definition) is 1. The van der Waals surface area contributed by atoms with Crippen molar-refractivity contribution in [2.45, 2.75) is 13.5 Å². The minimum absolute atomic E-state index is 0.0124. The molecule has 0 aromatic heterocycles. The van der Waals surface area contributed by atoms with Gasteiger partial charge in [0.25, 0.3) is 11.6 Å². The van der Waals surface area contributed by atoms with E-state index in [9.17, 15) is 19.7 Å². The molecule has 0 aliphatic carbocycles. The Morgan fingerprint density at radius 1 is 1.00 bits per heavy atom. The highest BCUT2D eigenvalue weighted by molar-refractivity contribution is 5.92. The number of hydrogen-bond acceptors (Lipinski definition) is 8. The van der Waals surface area contributed by atoms with Crippen LogP contribution in [0.2, 0.25) is 0 Å². The number of amides is 1. The molecule has 0 aliphatic heterocycles. The maximum Gasteiger partial charge on any atom is 0.338 e. The molecule has 0 bridgehead atoms. The molecule has 2 aromatic rings. The Bertz CT molecular complexity index is 958. The highest BCUT2D eigenvalue weighted by Gasteiger charge is 2.17. The number of benzene rings is 2. The molecule has 10 nitrogen and oxygen atoms in total. The molecule has 0 spiro atoms. The van der Waals surface area contributed by atoms with Crippen molar-refractivity contribution in [2.24, 2.45) is 0 Å². The van der Waals surface area contributed by atoms with Crippen molar-refractivity contribution in [2.75, 3.05) is 27.9 Å². The van der Waals surface area contributed by atoms with Crippen molar-refractivity contribution in [3.63, 3.8) is 0 Å². The van der Waals surface area contributed by atoms with E-state index in [0.717, 1.165) is 6.07 Å². The third-order valence-electron chi connectivity index (χ3n) is 4.24. The first-order valence-electron chi connectivity index (χ1n) is 8.78. The molecular weight excluding hydrogens is 396 g/mol. The lowest BCUT2D eigenvalue weighted by Gasteiger charge is -2.14. The van der Waals surface area contributed by atoms with Crippen molar-refractivity contribution in [1.29, 1.82) is 0 Å². The number of aryl methyl sites for hydroxylation is 1. The van der Waals surface area contributed by atoms with Gasteiger partial charge in [0.05, 0.1) is 31.8 Å². The van der Waals surface area contributed by atoms with Gasteiger partial charge in [-0.3, -0.25) is 14.9 Å². The first kappa shape index (κ1) is 22.5. The summed E-state index contributed by atoms with van der Waals surface area (Å²) in [5.41, 5.74) is 0.832. The Balaban J connectivity index is 1.98. The fourth-order valence-corrected chi connectivity index (χ4v) is 2.62. The number of carbonyl (C=O) groups excluding carboxylic acids is 2. The Kier molecular flexibility index (Phi) is 7.56. The van der Waals surface area contributed by atoms with Gasteiger partial charge in [-0.05, 0) is 19.1 Å². The molecule has 2 aromatic carbocycles. The number of nitrogens with one attached hydrogen (secondary N) is 1. The van der Waals surface area contributed by atoms with Crippen LogP contribution in [0.25, 0.3) is 0 Å². The van der Waals surface area contributed by atoms with Crippen molar-refractivity contribution in [3.05, 3.63) is 57.1 Å². The van der Waals surface area contributed by atoms with Gasteiger partial charge in [0, 0.05) is 29.8 Å². The van der Waals surface area contributed by atoms with Gasteiger partial charge in [-0.2, -0.15) is 0 Å². The second-order valence-corrected chi connectivity index (χ2v) is 6.13. The van der Waals surface area contributed by atoms with E-state index in [4.69, 9.17) is 18.9 Å². The highest BCUT2D eigenvalue weighted by atomic mass is 16.6. The fourth-order valence-electron chi connectivity index (χ4n) is 2.62. The van der Waals surface area contributed by atoms with Crippen LogP contribution in [-0.2, 0) is 16.1 Å². The van der Waals surface area contributed by atoms with E-state index in [1.807, 2.05) is 0 Å². The van der Waals surface area contributed by atoms with Gasteiger partial charge in [-0.1, -0.05) is 6.07 Å². The number of rotatable bonds is 9. The molecule has 160 valence electrons. The van der Waals surface area contributed by atoms with E-state index < -0.39 is 23.4 Å². The zero-order valence-corrected chi connectivity index (χ0v) is 17.0. The third kappa shape index (κ3) is 5.37. The molecule has 1 amide bonds. The van der Waals surface area contributed by atoms with E-state index >= 15 is 0 Å². The largest absolute Gasteiger partial charge is 0.496 e. The summed E-state index contributed by atoms with van der Waals surface area (Å²) in [5, 5.41) is 13.6. The molecule has 2 rings (SSSR count). The van der Waals surface area contributed by atoms with E-state index in [-0.39, 0.29) is 17.8 Å². The number of nitro benzene ring substituents is 1. The normalized spacial score (nSPS) is 10.1. The molecular formula is C20H22N2O8. The molecule has 0 unspecified atom stereocenters. The maximum atomic E-state index is 12.1. The van der Waals surface area contributed by atoms with Gasteiger partial charge < -0.3 is 24.3 Å². The summed E-state index contributed by atoms with van der Waals surface area (Å²) < 4.78 is 20.7. The van der Waals surface area contributed by atoms with E-state index in [2.05, 4.69) is 5.32 Å². The molecule has 0 fully saturated rings. The molecule has 0 heterocycles. The minimum atomic E-state index is -0.836. The van der Waals surface area contributed by atoms with Gasteiger partial charge in [-0.25, -0.2) is 4.79 Å². The molecule has 0 aliphatic rings. The first-order valence-corrected chi connectivity index (χ1v) is 8.78. The summed E-state index contributed by atoms with van der Waals surface area (Å²) in [6.45, 7) is 1.11. The fraction of sp³-hybridized carbons (Fsp3) is 0.300. The molecule has 0 atom stereocenters. The molecule has 0 saturated heterocycles. The topological polar surface area (TPSA) is 126 Å². The van der Waals surface area contributed by atoms with Gasteiger partial charge in [-0.15, -0.1) is 0 Å². The SMILES string of the molecule is COc1cc(OC)c(OC)cc1CNC(=O)COC(=O)c1ccc(C)c([N+](=O)[O-])c1. The number of nitrogens with zero attached hydrogens (tertiary/aromatic N) is 1. The van der Waals surface area contributed by atoms with Crippen LogP contribution in [0.1, 0.15) is 21.5 Å². The van der Waals surface area contributed by atoms with Crippen molar-refractivity contribution in [3.8, 4) is 17.2 Å². The summed E-state index contributed by atoms with van der Waals surface area (Å²) in [6, 6.07) is 7.25. The molecule has 30 heavy (non-hydrogen) atoms. The summed E-state index contributed by atoms with van der Waals surface area (Å²) in [7, 11) is 4.46. The lowest BCUT2D eigenvalue weighted by molar-refractivity contribution is -0.385. The predicted molar refractivity (Wildman–Crippen MR) is 106 cm³/mol. The Hall–Kier alpha value is -3.82. The van der Waals surface area contributed by atoms with Gasteiger partial charge in [0.15, 0.2) is 18.1 Å². The quantitative estimate of drug-likeness (QED) is 0.374. The monoisotopic (exact) mass is 418 g/mol. The Morgan fingerprint density at radius 2 is 1.63 bits per heavy atom. The number of ether oxygens (including phenoxy) is 4. The number of carbonyl (C=O) groups is 2. The van der Waals surface area contributed by atoms with Crippen LogP contribution in [-0.4, -0.2) is 44.7 Å². The summed E-state index contributed by atoms with van der Waals surface area (Å²) >= 11 is 0. The van der Waals surface area contributed by atoms with E-state index in [1.54, 1.807) is 19.1 Å². The number of esters is 1. The highest BCUT2D eigenvalue weighted by Crippen LogP contribution is 2.34. The second-order valence-electron chi connectivity index (χ2n) is 6.13. The third-order valence-corrected chi connectivity index (χ3v) is 4.24. The van der Waals surface area contributed by atoms with Crippen LogP contribution < -0.4 is 19.5 Å². The molecule has 0 radical (unpaired) electrons. The van der Waals surface area contributed by atoms with Gasteiger partial charge >= 0.3 is 5.97 Å². The average Bonchev–Trinajstić information content (AvgIpc) is 2.75. The number of nitro groups is 1. The first-order chi connectivity index (χ1) is 14.3. The molecule has 10 heteroatoms. The zero-order valence-electron chi connectivity index (χ0n) is 17.0. The molecule has 0 saturated carbocycles. The standard InChI is InChI=1S/C20H22N2O8/c1-12-5-6-13(7-15(12)22(25)26)20(24)30-11-19(23)21-10-14-8-17(28-3)18(29-4)9-16(14)27-2/h5-9H,10-11H2,1-4H3,(H,21,23). The van der Waals surface area contributed by atoms with Crippen LogP contribution >= 0.6 is 0 Å². The Morgan fingerprint density at radius 3 is 2.23 bits per heavy atom. The second kappa shape index (κ2) is 10.1. The summed E-state index contributed by atoms with van der Waals surface area (Å²) in [4.78, 5) is 34.5. The van der Waals surface area contributed by atoms with E-state index in [1.165, 1.54) is 33.5 Å². The summed E-state index contributed by atoms with van der Waals surface area (Å²) in [6.07, 6.45) is 0. The number of methoxy groups -OCH3 is 3. The molecule has 1 N–H and O–H groups in total. The van der Waals surface area contributed by atoms with Crippen molar-refractivity contribution in [1.82, 2.24) is 5.32 Å². The summed E-state index contributed by atoms with van der Waals surface area (Å²) in [5.74, 6) is 0.0381. The van der Waals surface area contributed by atoms with Gasteiger partial charge in [0.1, 0.15) is 5.75 Å². The van der Waals surface area contributed by atoms with E-state index in [0.29, 0.717) is 28.4 Å². The van der Waals surface area contributed by atoms with Crippen LogP contribution in [0.3, 0.4) is 0 Å². The lowest BCUT2D eigenvalue weighted by Crippen LogP contribution is -2.28. The average molecular weight is 418 g/mol. The lowest BCUT2D eigenvalue weighted by atomic mass is 10.1. The van der Waals surface area contributed by atoms with Crippen LogP contribution in [0.15, 0.2) is 30.3 Å². The maximum absolute atomic E-state index is 12.1. The Labute approximate surface area is 172 Å². The van der Waals surface area contributed by atoms with Gasteiger partial charge in [0.2, 0.25) is 0 Å². The van der Waals surface area contributed by atoms with Crippen LogP contribution in [0.5, 0.6) is 17.2 Å².